The van der Waals surface area contributed by atoms with Crippen molar-refractivity contribution in [1.29, 1.82) is 0 Å². The van der Waals surface area contributed by atoms with Gasteiger partial charge in [-0.25, -0.2) is 4.79 Å². The molecule has 0 bridgehead atoms. The molecular weight excluding hydrogens is 382 g/mol. The van der Waals surface area contributed by atoms with Crippen molar-refractivity contribution < 1.29 is 14.3 Å². The summed E-state index contributed by atoms with van der Waals surface area (Å²) < 4.78 is 6.60. The summed E-state index contributed by atoms with van der Waals surface area (Å²) in [5.74, 6) is -0.578. The first-order chi connectivity index (χ1) is 14.5. The van der Waals surface area contributed by atoms with Gasteiger partial charge in [0, 0.05) is 7.05 Å². The fourth-order valence-corrected chi connectivity index (χ4v) is 2.84. The van der Waals surface area contributed by atoms with Gasteiger partial charge in [0.25, 0.3) is 5.91 Å². The number of likely N-dealkylation sites (N-methyl/N-ethyl adjacent to an activating group) is 1. The molecule has 30 heavy (non-hydrogen) atoms. The first-order valence-electron chi connectivity index (χ1n) is 9.47. The number of benzene rings is 2. The van der Waals surface area contributed by atoms with Crippen LogP contribution in [-0.2, 0) is 14.3 Å². The predicted molar refractivity (Wildman–Crippen MR) is 112 cm³/mol. The molecule has 0 aliphatic heterocycles. The molecule has 0 spiro atoms. The van der Waals surface area contributed by atoms with E-state index in [0.717, 1.165) is 11.1 Å². The molecule has 8 nitrogen and oxygen atoms in total. The Morgan fingerprint density at radius 2 is 1.73 bits per heavy atom. The number of aryl methyl sites for hydroxylation is 1. The van der Waals surface area contributed by atoms with Gasteiger partial charge in [-0.1, -0.05) is 60.7 Å². The van der Waals surface area contributed by atoms with Gasteiger partial charge in [0.1, 0.15) is 0 Å². The zero-order chi connectivity index (χ0) is 21.5. The van der Waals surface area contributed by atoms with Crippen LogP contribution in [0.3, 0.4) is 0 Å². The summed E-state index contributed by atoms with van der Waals surface area (Å²) in [4.78, 5) is 26.9. The van der Waals surface area contributed by atoms with Crippen molar-refractivity contribution in [3.05, 3.63) is 77.6 Å². The molecule has 0 unspecified atom stereocenters. The molecule has 1 aromatic heterocycles. The Labute approximate surface area is 174 Å². The number of esters is 1. The molecule has 0 fully saturated rings. The van der Waals surface area contributed by atoms with Crippen molar-refractivity contribution in [1.82, 2.24) is 25.1 Å². The number of amides is 1. The number of ether oxygens (including phenoxy) is 1. The fraction of sp³-hybridized carbons (Fsp3) is 0.227. The van der Waals surface area contributed by atoms with Crippen LogP contribution in [0.25, 0.3) is 11.8 Å². The third kappa shape index (κ3) is 4.96. The van der Waals surface area contributed by atoms with Crippen LogP contribution in [0, 0.1) is 6.92 Å². The lowest BCUT2D eigenvalue weighted by Crippen LogP contribution is -2.33. The van der Waals surface area contributed by atoms with Crippen LogP contribution < -0.4 is 0 Å². The molecule has 0 N–H and O–H groups in total. The average molecular weight is 405 g/mol. The number of hydrogen-bond acceptors (Lipinski definition) is 6. The number of tetrazole rings is 1. The lowest BCUT2D eigenvalue weighted by Gasteiger charge is -2.25. The van der Waals surface area contributed by atoms with E-state index in [2.05, 4.69) is 15.5 Å². The SMILES string of the molecule is Cc1nnnn1/C(=C\c1ccccc1)C(=O)OCC(=O)N(C)[C@H](C)c1ccccc1. The van der Waals surface area contributed by atoms with E-state index < -0.39 is 5.97 Å². The first-order valence-corrected chi connectivity index (χ1v) is 9.47. The second-order valence-electron chi connectivity index (χ2n) is 6.75. The smallest absolute Gasteiger partial charge is 0.357 e. The summed E-state index contributed by atoms with van der Waals surface area (Å²) in [5.41, 5.74) is 1.89. The number of carbonyl (C=O) groups excluding carboxylic acids is 2. The molecule has 0 aliphatic carbocycles. The summed E-state index contributed by atoms with van der Waals surface area (Å²) in [7, 11) is 1.68. The lowest BCUT2D eigenvalue weighted by atomic mass is 10.1. The van der Waals surface area contributed by atoms with Gasteiger partial charge in [-0.3, -0.25) is 4.79 Å². The zero-order valence-electron chi connectivity index (χ0n) is 17.1. The summed E-state index contributed by atoms with van der Waals surface area (Å²) in [6.07, 6.45) is 1.62. The fourth-order valence-electron chi connectivity index (χ4n) is 2.84. The molecule has 0 radical (unpaired) electrons. The molecule has 3 aromatic rings. The number of rotatable bonds is 7. The van der Waals surface area contributed by atoms with Crippen LogP contribution in [-0.4, -0.2) is 50.6 Å². The summed E-state index contributed by atoms with van der Waals surface area (Å²) in [5, 5.41) is 11.3. The summed E-state index contributed by atoms with van der Waals surface area (Å²) >= 11 is 0. The summed E-state index contributed by atoms with van der Waals surface area (Å²) in [6.45, 7) is 3.20. The third-order valence-electron chi connectivity index (χ3n) is 4.75. The van der Waals surface area contributed by atoms with Crippen molar-refractivity contribution in [2.24, 2.45) is 0 Å². The van der Waals surface area contributed by atoms with Crippen LogP contribution in [0.5, 0.6) is 0 Å². The minimum absolute atomic E-state index is 0.121. The van der Waals surface area contributed by atoms with Crippen molar-refractivity contribution in [3.8, 4) is 0 Å². The maximum atomic E-state index is 12.8. The molecule has 1 amide bonds. The molecule has 8 heteroatoms. The molecular formula is C22H23N5O3. The van der Waals surface area contributed by atoms with Crippen LogP contribution in [0.1, 0.15) is 29.9 Å². The van der Waals surface area contributed by atoms with Crippen LogP contribution in [0.15, 0.2) is 60.7 Å². The molecule has 154 valence electrons. The van der Waals surface area contributed by atoms with Gasteiger partial charge in [0.2, 0.25) is 0 Å². The van der Waals surface area contributed by atoms with Gasteiger partial charge < -0.3 is 9.64 Å². The maximum Gasteiger partial charge on any atom is 0.357 e. The number of hydrogen-bond donors (Lipinski definition) is 0. The van der Waals surface area contributed by atoms with Gasteiger partial charge in [0.05, 0.1) is 6.04 Å². The Morgan fingerprint density at radius 3 is 2.33 bits per heavy atom. The maximum absolute atomic E-state index is 12.8. The minimum Gasteiger partial charge on any atom is -0.451 e. The zero-order valence-corrected chi connectivity index (χ0v) is 17.1. The highest BCUT2D eigenvalue weighted by molar-refractivity contribution is 6.15. The van der Waals surface area contributed by atoms with Crippen molar-refractivity contribution in [3.63, 3.8) is 0 Å². The Balaban J connectivity index is 1.72. The minimum atomic E-state index is -0.691. The van der Waals surface area contributed by atoms with E-state index in [-0.39, 0.29) is 24.3 Å². The Morgan fingerprint density at radius 1 is 1.10 bits per heavy atom. The van der Waals surface area contributed by atoms with Crippen LogP contribution in [0.2, 0.25) is 0 Å². The third-order valence-corrected chi connectivity index (χ3v) is 4.75. The van der Waals surface area contributed by atoms with E-state index >= 15 is 0 Å². The van der Waals surface area contributed by atoms with E-state index in [0.29, 0.717) is 5.82 Å². The van der Waals surface area contributed by atoms with Crippen LogP contribution in [0.4, 0.5) is 0 Å². The van der Waals surface area contributed by atoms with E-state index in [9.17, 15) is 9.59 Å². The van der Waals surface area contributed by atoms with Crippen LogP contribution >= 0.6 is 0 Å². The van der Waals surface area contributed by atoms with Gasteiger partial charge >= 0.3 is 5.97 Å². The van der Waals surface area contributed by atoms with E-state index in [1.807, 2.05) is 67.6 Å². The van der Waals surface area contributed by atoms with Crippen molar-refractivity contribution >= 4 is 23.6 Å². The van der Waals surface area contributed by atoms with E-state index in [1.54, 1.807) is 24.9 Å². The lowest BCUT2D eigenvalue weighted by molar-refractivity contribution is -0.148. The molecule has 0 saturated carbocycles. The molecule has 2 aromatic carbocycles. The van der Waals surface area contributed by atoms with Gasteiger partial charge in [-0.15, -0.1) is 5.10 Å². The average Bonchev–Trinajstić information content (AvgIpc) is 3.21. The Hall–Kier alpha value is -3.81. The summed E-state index contributed by atoms with van der Waals surface area (Å²) in [6, 6.07) is 18.7. The number of nitrogens with zero attached hydrogens (tertiary/aromatic N) is 5. The predicted octanol–water partition coefficient (Wildman–Crippen LogP) is 2.74. The molecule has 0 saturated heterocycles. The van der Waals surface area contributed by atoms with E-state index in [4.69, 9.17) is 4.74 Å². The van der Waals surface area contributed by atoms with Crippen molar-refractivity contribution in [2.45, 2.75) is 19.9 Å². The monoisotopic (exact) mass is 405 g/mol. The van der Waals surface area contributed by atoms with Gasteiger partial charge in [0.15, 0.2) is 18.1 Å². The highest BCUT2D eigenvalue weighted by Crippen LogP contribution is 2.19. The van der Waals surface area contributed by atoms with Crippen molar-refractivity contribution in [2.75, 3.05) is 13.7 Å². The Bertz CT molecular complexity index is 1030. The molecule has 3 rings (SSSR count). The van der Waals surface area contributed by atoms with Gasteiger partial charge in [-0.05, 0) is 41.5 Å². The molecule has 0 aliphatic rings. The molecule has 1 heterocycles. The van der Waals surface area contributed by atoms with E-state index in [1.165, 1.54) is 4.68 Å². The van der Waals surface area contributed by atoms with Gasteiger partial charge in [-0.2, -0.15) is 4.68 Å². The largest absolute Gasteiger partial charge is 0.451 e. The quantitative estimate of drug-likeness (QED) is 0.443. The first kappa shape index (κ1) is 20.9. The topological polar surface area (TPSA) is 90.2 Å². The molecule has 1 atom stereocenters. The number of carbonyl (C=O) groups is 2. The standard InChI is InChI=1S/C22H23N5O3/c1-16(19-12-8-5-9-13-19)26(3)21(28)15-30-22(29)20(27-17(2)23-24-25-27)14-18-10-6-4-7-11-18/h4-14,16H,15H2,1-3H3/b20-14-/t16-/m1/s1. The second-order valence-corrected chi connectivity index (χ2v) is 6.75. The highest BCUT2D eigenvalue weighted by atomic mass is 16.5. The second kappa shape index (κ2) is 9.60. The Kier molecular flexibility index (Phi) is 6.69. The highest BCUT2D eigenvalue weighted by Gasteiger charge is 2.22. The number of aromatic nitrogens is 4. The normalized spacial score (nSPS) is 12.3.